The van der Waals surface area contributed by atoms with Crippen LogP contribution in [-0.4, -0.2) is 91.5 Å². The van der Waals surface area contributed by atoms with Gasteiger partial charge in [-0.15, -0.1) is 11.8 Å². The zero-order valence-electron chi connectivity index (χ0n) is 26.4. The highest BCUT2D eigenvalue weighted by molar-refractivity contribution is 8.02. The maximum Gasteiger partial charge on any atom is 0.410 e. The smallest absolute Gasteiger partial charge is 0.410 e. The lowest BCUT2D eigenvalue weighted by Gasteiger charge is -2.41. The van der Waals surface area contributed by atoms with Crippen molar-refractivity contribution in [3.8, 4) is 6.07 Å². The fourth-order valence-corrected chi connectivity index (χ4v) is 7.43. The van der Waals surface area contributed by atoms with E-state index in [0.717, 1.165) is 18.4 Å². The molecule has 1 N–H and O–H groups in total. The number of nitrogens with one attached hydrogen (secondary N) is 1. The molecule has 5 rings (SSSR count). The molecule has 0 radical (unpaired) electrons. The Morgan fingerprint density at radius 1 is 1.16 bits per heavy atom. The van der Waals surface area contributed by atoms with E-state index in [2.05, 4.69) is 30.3 Å². The molecule has 1 saturated carbocycles. The molecule has 2 fully saturated rings. The summed E-state index contributed by atoms with van der Waals surface area (Å²) in [5.74, 6) is -0.408. The minimum absolute atomic E-state index is 0.0000109. The summed E-state index contributed by atoms with van der Waals surface area (Å²) in [6, 6.07) is 9.13. The van der Waals surface area contributed by atoms with E-state index in [4.69, 9.17) is 14.7 Å². The Morgan fingerprint density at radius 2 is 1.84 bits per heavy atom. The standard InChI is InChI=1S/C32H42N6O5S/c1-30(2,3)43-29(41)38-17-23(18-38)42-20-31(4,5)44-32(12-13-32)19-37-14-11-24-25(35-36(6)26(24)28(37)40)27(39)34-16-22-9-7-21(15-33)8-10-22/h7-10,23H,11-14,16-20H2,1-6H3,(H,34,39). The van der Waals surface area contributed by atoms with Crippen molar-refractivity contribution < 1.29 is 23.9 Å². The molecule has 236 valence electrons. The van der Waals surface area contributed by atoms with Gasteiger partial charge >= 0.3 is 6.09 Å². The second-order valence-corrected chi connectivity index (χ2v) is 15.8. The molecule has 3 heterocycles. The third kappa shape index (κ3) is 7.38. The van der Waals surface area contributed by atoms with E-state index >= 15 is 0 Å². The van der Waals surface area contributed by atoms with Crippen LogP contribution in [0.1, 0.15) is 85.1 Å². The number of nitriles is 1. The van der Waals surface area contributed by atoms with E-state index < -0.39 is 5.60 Å². The van der Waals surface area contributed by atoms with Gasteiger partial charge in [0.1, 0.15) is 11.3 Å². The molecule has 2 aromatic rings. The summed E-state index contributed by atoms with van der Waals surface area (Å²) in [6.07, 6.45) is 2.32. The first-order valence-corrected chi connectivity index (χ1v) is 15.9. The number of thioether (sulfide) groups is 1. The largest absolute Gasteiger partial charge is 0.444 e. The van der Waals surface area contributed by atoms with Gasteiger partial charge in [-0.3, -0.25) is 14.3 Å². The number of aromatic nitrogens is 2. The van der Waals surface area contributed by atoms with Crippen molar-refractivity contribution >= 4 is 29.7 Å². The number of hydrogen-bond acceptors (Lipinski definition) is 8. The number of amides is 3. The molecule has 11 nitrogen and oxygen atoms in total. The average molecular weight is 623 g/mol. The number of likely N-dealkylation sites (tertiary alicyclic amines) is 1. The number of rotatable bonds is 10. The van der Waals surface area contributed by atoms with E-state index in [1.54, 1.807) is 36.2 Å². The van der Waals surface area contributed by atoms with Crippen molar-refractivity contribution in [2.75, 3.05) is 32.8 Å². The normalized spacial score (nSPS) is 17.9. The first kappa shape index (κ1) is 31.9. The van der Waals surface area contributed by atoms with Gasteiger partial charge in [0.05, 0.1) is 37.4 Å². The summed E-state index contributed by atoms with van der Waals surface area (Å²) in [5.41, 5.74) is 2.38. The molecule has 0 atom stereocenters. The Morgan fingerprint density at radius 3 is 2.45 bits per heavy atom. The molecule has 1 saturated heterocycles. The molecular formula is C32H42N6O5S. The molecule has 12 heteroatoms. The van der Waals surface area contributed by atoms with Crippen molar-refractivity contribution in [1.29, 1.82) is 5.26 Å². The zero-order chi connectivity index (χ0) is 31.9. The van der Waals surface area contributed by atoms with E-state index in [9.17, 15) is 14.4 Å². The summed E-state index contributed by atoms with van der Waals surface area (Å²) >= 11 is 1.88. The zero-order valence-corrected chi connectivity index (χ0v) is 27.3. The van der Waals surface area contributed by atoms with Crippen LogP contribution >= 0.6 is 11.8 Å². The van der Waals surface area contributed by atoms with E-state index in [-0.39, 0.29) is 33.5 Å². The Balaban J connectivity index is 1.13. The quantitative estimate of drug-likeness (QED) is 0.423. The summed E-state index contributed by atoms with van der Waals surface area (Å²) in [7, 11) is 1.71. The lowest BCUT2D eigenvalue weighted by atomic mass is 10.0. The molecule has 0 spiro atoms. The summed E-state index contributed by atoms with van der Waals surface area (Å²) < 4.78 is 12.9. The number of carbonyl (C=O) groups is 3. The second kappa shape index (κ2) is 12.1. The van der Waals surface area contributed by atoms with Crippen molar-refractivity contribution in [2.24, 2.45) is 7.05 Å². The average Bonchev–Trinajstić information content (AvgIpc) is 3.57. The number of aryl methyl sites for hydroxylation is 1. The van der Waals surface area contributed by atoms with Gasteiger partial charge in [-0.2, -0.15) is 10.4 Å². The van der Waals surface area contributed by atoms with E-state index in [1.807, 2.05) is 37.4 Å². The maximum atomic E-state index is 13.6. The Kier molecular flexibility index (Phi) is 8.75. The molecular weight excluding hydrogens is 580 g/mol. The minimum Gasteiger partial charge on any atom is -0.444 e. The molecule has 1 aromatic heterocycles. The second-order valence-electron chi connectivity index (χ2n) is 13.6. The lowest BCUT2D eigenvalue weighted by Crippen LogP contribution is -2.56. The van der Waals surface area contributed by atoms with Crippen LogP contribution in [0.2, 0.25) is 0 Å². The first-order valence-electron chi connectivity index (χ1n) is 15.1. The third-order valence-electron chi connectivity index (χ3n) is 7.96. The Hall–Kier alpha value is -3.56. The van der Waals surface area contributed by atoms with Crippen molar-refractivity contribution in [2.45, 2.75) is 81.6 Å². The SMILES string of the molecule is Cn1nc(C(=O)NCc2ccc(C#N)cc2)c2c1C(=O)N(CC1(SC(C)(C)COC3CN(C(=O)OC(C)(C)C)C3)CC1)CC2. The molecule has 0 bridgehead atoms. The van der Waals surface area contributed by atoms with Gasteiger partial charge in [-0.05, 0) is 71.6 Å². The number of benzene rings is 1. The predicted octanol–water partition coefficient (Wildman–Crippen LogP) is 3.90. The Bertz CT molecular complexity index is 1460. The highest BCUT2D eigenvalue weighted by Crippen LogP contribution is 2.54. The van der Waals surface area contributed by atoms with Crippen LogP contribution in [0.25, 0.3) is 0 Å². The summed E-state index contributed by atoms with van der Waals surface area (Å²) in [4.78, 5) is 42.5. The Labute approximate surface area is 263 Å². The number of ether oxygens (including phenoxy) is 2. The fourth-order valence-electron chi connectivity index (χ4n) is 5.60. The fraction of sp³-hybridized carbons (Fsp3) is 0.594. The predicted molar refractivity (Wildman–Crippen MR) is 166 cm³/mol. The molecule has 0 unspecified atom stereocenters. The van der Waals surface area contributed by atoms with Crippen LogP contribution in [0.15, 0.2) is 24.3 Å². The van der Waals surface area contributed by atoms with Crippen LogP contribution in [-0.2, 0) is 29.5 Å². The van der Waals surface area contributed by atoms with Crippen molar-refractivity contribution in [3.05, 3.63) is 52.3 Å². The highest BCUT2D eigenvalue weighted by atomic mass is 32.2. The topological polar surface area (TPSA) is 130 Å². The van der Waals surface area contributed by atoms with Gasteiger partial charge in [0.25, 0.3) is 11.8 Å². The van der Waals surface area contributed by atoms with Crippen molar-refractivity contribution in [3.63, 3.8) is 0 Å². The van der Waals surface area contributed by atoms with Crippen LogP contribution < -0.4 is 5.32 Å². The number of fused-ring (bicyclic) bond motifs is 1. The van der Waals surface area contributed by atoms with Crippen LogP contribution in [0.3, 0.4) is 0 Å². The van der Waals surface area contributed by atoms with Gasteiger partial charge in [-0.25, -0.2) is 4.79 Å². The van der Waals surface area contributed by atoms with Gasteiger partial charge in [0.15, 0.2) is 5.69 Å². The van der Waals surface area contributed by atoms with Gasteiger partial charge < -0.3 is 24.6 Å². The summed E-state index contributed by atoms with van der Waals surface area (Å²) in [6.45, 7) is 13.0. The van der Waals surface area contributed by atoms with Crippen molar-refractivity contribution in [1.82, 2.24) is 24.9 Å². The molecule has 3 aliphatic rings. The minimum atomic E-state index is -0.515. The number of nitrogens with zero attached hydrogens (tertiary/aromatic N) is 5. The lowest BCUT2D eigenvalue weighted by molar-refractivity contribution is -0.0664. The number of hydrogen-bond donors (Lipinski definition) is 1. The van der Waals surface area contributed by atoms with Gasteiger partial charge in [0, 0.05) is 41.7 Å². The monoisotopic (exact) mass is 622 g/mol. The van der Waals surface area contributed by atoms with Crippen LogP contribution in [0.5, 0.6) is 0 Å². The molecule has 1 aliphatic carbocycles. The molecule has 2 aliphatic heterocycles. The maximum absolute atomic E-state index is 13.6. The summed E-state index contributed by atoms with van der Waals surface area (Å²) in [5, 5.41) is 16.3. The van der Waals surface area contributed by atoms with Crippen LogP contribution in [0.4, 0.5) is 4.79 Å². The molecule has 1 aromatic carbocycles. The van der Waals surface area contributed by atoms with Crippen LogP contribution in [0, 0.1) is 11.3 Å². The third-order valence-corrected chi connectivity index (χ3v) is 9.60. The highest BCUT2D eigenvalue weighted by Gasteiger charge is 2.50. The number of carbonyl (C=O) groups excluding carboxylic acids is 3. The van der Waals surface area contributed by atoms with E-state index in [1.165, 1.54) is 4.68 Å². The van der Waals surface area contributed by atoms with Gasteiger partial charge in [0.2, 0.25) is 0 Å². The molecule has 44 heavy (non-hydrogen) atoms. The first-order chi connectivity index (χ1) is 20.7. The van der Waals surface area contributed by atoms with E-state index in [0.29, 0.717) is 68.3 Å². The van der Waals surface area contributed by atoms with Gasteiger partial charge in [-0.1, -0.05) is 12.1 Å². The molecule has 3 amide bonds.